The largest absolute Gasteiger partial charge is 0.462 e. The number of carbonyl (C=O) groups is 1. The highest BCUT2D eigenvalue weighted by Crippen LogP contribution is 2.20. The molecule has 0 aromatic heterocycles. The van der Waals surface area contributed by atoms with E-state index in [9.17, 15) is 13.2 Å². The normalized spacial score (nSPS) is 12.0. The van der Waals surface area contributed by atoms with Crippen LogP contribution in [0.15, 0.2) is 24.3 Å². The molecule has 0 unspecified atom stereocenters. The van der Waals surface area contributed by atoms with Gasteiger partial charge in [-0.25, -0.2) is 13.2 Å². The molecule has 20 heavy (non-hydrogen) atoms. The molecule has 0 heterocycles. The predicted octanol–water partition coefficient (Wildman–Crippen LogP) is 2.79. The highest BCUT2D eigenvalue weighted by molar-refractivity contribution is 7.94. The third kappa shape index (κ3) is 4.23. The molecule has 0 saturated heterocycles. The summed E-state index contributed by atoms with van der Waals surface area (Å²) in [5.41, 5.74) is 0.823. The van der Waals surface area contributed by atoms with Crippen LogP contribution in [0.1, 0.15) is 44.5 Å². The Balaban J connectivity index is 2.80. The van der Waals surface area contributed by atoms with Crippen LogP contribution in [0, 0.1) is 0 Å². The summed E-state index contributed by atoms with van der Waals surface area (Å²) >= 11 is 0. The van der Waals surface area contributed by atoms with E-state index >= 15 is 0 Å². The lowest BCUT2D eigenvalue weighted by atomic mass is 10.2. The lowest BCUT2D eigenvalue weighted by molar-refractivity contribution is 0.0505. The molecule has 5 nitrogen and oxygen atoms in total. The molecule has 0 aliphatic heterocycles. The molecule has 0 aliphatic carbocycles. The van der Waals surface area contributed by atoms with Crippen molar-refractivity contribution in [1.82, 2.24) is 0 Å². The summed E-state index contributed by atoms with van der Waals surface area (Å²) in [6, 6.07) is 6.18. The highest BCUT2D eigenvalue weighted by Gasteiger charge is 2.28. The lowest BCUT2D eigenvalue weighted by Crippen LogP contribution is -2.33. The van der Waals surface area contributed by atoms with Gasteiger partial charge in [-0.2, -0.15) is 0 Å². The van der Waals surface area contributed by atoms with Gasteiger partial charge in [0.1, 0.15) is 0 Å². The molecule has 0 aliphatic rings. The van der Waals surface area contributed by atoms with Gasteiger partial charge in [0.05, 0.1) is 16.9 Å². The number of nitrogens with one attached hydrogen (secondary N) is 1. The van der Waals surface area contributed by atoms with Crippen molar-refractivity contribution < 1.29 is 17.9 Å². The number of hydrogen-bond acceptors (Lipinski definition) is 4. The van der Waals surface area contributed by atoms with Gasteiger partial charge in [-0.15, -0.1) is 0 Å². The molecule has 0 spiro atoms. The molecule has 0 bridgehead atoms. The van der Waals surface area contributed by atoms with Crippen molar-refractivity contribution in [3.05, 3.63) is 29.8 Å². The van der Waals surface area contributed by atoms with Gasteiger partial charge in [0, 0.05) is 5.69 Å². The molecular weight excluding hydrogens is 278 g/mol. The Hall–Kier alpha value is -1.56. The van der Waals surface area contributed by atoms with Gasteiger partial charge in [0.15, 0.2) is 0 Å². The van der Waals surface area contributed by atoms with Crippen LogP contribution in [0.2, 0.25) is 0 Å². The third-order valence-electron chi connectivity index (χ3n) is 2.62. The van der Waals surface area contributed by atoms with Gasteiger partial charge in [0.2, 0.25) is 10.0 Å². The SMILES string of the molecule is CCCOC(=O)c1ccc(NS(=O)(=O)C(C)(C)C)cc1. The lowest BCUT2D eigenvalue weighted by Gasteiger charge is -2.20. The molecule has 0 amide bonds. The van der Waals surface area contributed by atoms with E-state index < -0.39 is 20.7 Å². The molecule has 1 rings (SSSR count). The molecule has 1 aromatic carbocycles. The summed E-state index contributed by atoms with van der Waals surface area (Å²) in [5, 5.41) is 0. The first-order chi connectivity index (χ1) is 9.17. The van der Waals surface area contributed by atoms with Crippen LogP contribution in [0.3, 0.4) is 0 Å². The average Bonchev–Trinajstić information content (AvgIpc) is 2.35. The van der Waals surface area contributed by atoms with E-state index in [-0.39, 0.29) is 0 Å². The van der Waals surface area contributed by atoms with E-state index in [1.807, 2.05) is 6.92 Å². The quantitative estimate of drug-likeness (QED) is 0.849. The Morgan fingerprint density at radius 3 is 2.20 bits per heavy atom. The monoisotopic (exact) mass is 299 g/mol. The number of rotatable bonds is 5. The zero-order valence-corrected chi connectivity index (χ0v) is 13.1. The zero-order valence-electron chi connectivity index (χ0n) is 12.3. The maximum absolute atomic E-state index is 12.0. The molecule has 1 N–H and O–H groups in total. The number of anilines is 1. The van der Waals surface area contributed by atoms with Crippen LogP contribution in [-0.2, 0) is 14.8 Å². The van der Waals surface area contributed by atoms with Gasteiger partial charge < -0.3 is 4.74 Å². The molecule has 1 aromatic rings. The topological polar surface area (TPSA) is 72.5 Å². The van der Waals surface area contributed by atoms with E-state index in [0.29, 0.717) is 17.9 Å². The molecule has 112 valence electrons. The van der Waals surface area contributed by atoms with Crippen LogP contribution in [0.25, 0.3) is 0 Å². The standard InChI is InChI=1S/C14H21NO4S/c1-5-10-19-13(16)11-6-8-12(9-7-11)15-20(17,18)14(2,3)4/h6-9,15H,5,10H2,1-4H3. The van der Waals surface area contributed by atoms with Crippen LogP contribution < -0.4 is 4.72 Å². The Morgan fingerprint density at radius 1 is 1.20 bits per heavy atom. The number of benzene rings is 1. The fraction of sp³-hybridized carbons (Fsp3) is 0.500. The second-order valence-corrected chi connectivity index (χ2v) is 7.87. The number of ether oxygens (including phenoxy) is 1. The van der Waals surface area contributed by atoms with Crippen molar-refractivity contribution in [3.8, 4) is 0 Å². The van der Waals surface area contributed by atoms with Crippen molar-refractivity contribution in [2.45, 2.75) is 38.9 Å². The number of esters is 1. The molecule has 0 fully saturated rings. The average molecular weight is 299 g/mol. The minimum absolute atomic E-state index is 0.372. The first-order valence-electron chi connectivity index (χ1n) is 6.47. The van der Waals surface area contributed by atoms with Crippen LogP contribution in [-0.4, -0.2) is 25.7 Å². The summed E-state index contributed by atoms with van der Waals surface area (Å²) in [6.07, 6.45) is 0.759. The Labute approximate surface area is 120 Å². The Morgan fingerprint density at radius 2 is 1.75 bits per heavy atom. The summed E-state index contributed by atoms with van der Waals surface area (Å²) in [4.78, 5) is 11.6. The second kappa shape index (κ2) is 6.26. The van der Waals surface area contributed by atoms with Gasteiger partial charge in [-0.3, -0.25) is 4.72 Å². The Kier molecular flexibility index (Phi) is 5.16. The van der Waals surface area contributed by atoms with Gasteiger partial charge in [-0.1, -0.05) is 6.92 Å². The van der Waals surface area contributed by atoms with Crippen molar-refractivity contribution in [2.75, 3.05) is 11.3 Å². The highest BCUT2D eigenvalue weighted by atomic mass is 32.2. The van der Waals surface area contributed by atoms with E-state index in [1.54, 1.807) is 45.0 Å². The fourth-order valence-electron chi connectivity index (χ4n) is 1.26. The van der Waals surface area contributed by atoms with E-state index in [0.717, 1.165) is 6.42 Å². The molecule has 0 atom stereocenters. The summed E-state index contributed by atoms with van der Waals surface area (Å²) < 4.78 is 30.5. The number of sulfonamides is 1. The van der Waals surface area contributed by atoms with Crippen molar-refractivity contribution in [1.29, 1.82) is 0 Å². The van der Waals surface area contributed by atoms with E-state index in [4.69, 9.17) is 4.74 Å². The van der Waals surface area contributed by atoms with Crippen molar-refractivity contribution in [3.63, 3.8) is 0 Å². The third-order valence-corrected chi connectivity index (χ3v) is 4.73. The maximum atomic E-state index is 12.0. The predicted molar refractivity (Wildman–Crippen MR) is 79.3 cm³/mol. The Bertz CT molecular complexity index is 556. The fourth-order valence-corrected chi connectivity index (χ4v) is 2.01. The molecule has 0 saturated carbocycles. The van der Waals surface area contributed by atoms with E-state index in [1.165, 1.54) is 0 Å². The van der Waals surface area contributed by atoms with Gasteiger partial charge in [-0.05, 0) is 51.5 Å². The van der Waals surface area contributed by atoms with Crippen LogP contribution >= 0.6 is 0 Å². The maximum Gasteiger partial charge on any atom is 0.338 e. The summed E-state index contributed by atoms with van der Waals surface area (Å²) in [6.45, 7) is 7.14. The van der Waals surface area contributed by atoms with Crippen LogP contribution in [0.5, 0.6) is 0 Å². The zero-order chi connectivity index (χ0) is 15.4. The molecular formula is C14H21NO4S. The first-order valence-corrected chi connectivity index (χ1v) is 7.95. The van der Waals surface area contributed by atoms with Crippen LogP contribution in [0.4, 0.5) is 5.69 Å². The minimum Gasteiger partial charge on any atom is -0.462 e. The first kappa shape index (κ1) is 16.5. The van der Waals surface area contributed by atoms with Crippen molar-refractivity contribution >= 4 is 21.7 Å². The molecule has 6 heteroatoms. The number of carbonyl (C=O) groups excluding carboxylic acids is 1. The number of hydrogen-bond donors (Lipinski definition) is 1. The van der Waals surface area contributed by atoms with Crippen molar-refractivity contribution in [2.24, 2.45) is 0 Å². The summed E-state index contributed by atoms with van der Waals surface area (Å²) in [5.74, 6) is -0.405. The van der Waals surface area contributed by atoms with Gasteiger partial charge >= 0.3 is 5.97 Å². The van der Waals surface area contributed by atoms with E-state index in [2.05, 4.69) is 4.72 Å². The summed E-state index contributed by atoms with van der Waals surface area (Å²) in [7, 11) is -3.46. The van der Waals surface area contributed by atoms with Gasteiger partial charge in [0.25, 0.3) is 0 Å². The molecule has 0 radical (unpaired) electrons. The smallest absolute Gasteiger partial charge is 0.338 e. The second-order valence-electron chi connectivity index (χ2n) is 5.43. The minimum atomic E-state index is -3.46.